The number of anilines is 1. The Morgan fingerprint density at radius 1 is 1.00 bits per heavy atom. The maximum absolute atomic E-state index is 12.3. The van der Waals surface area contributed by atoms with Crippen LogP contribution in [0.25, 0.3) is 0 Å². The normalized spacial score (nSPS) is 14.2. The number of piperazine rings is 1. The summed E-state index contributed by atoms with van der Waals surface area (Å²) in [5.74, 6) is -0.464. The zero-order chi connectivity index (χ0) is 18.5. The summed E-state index contributed by atoms with van der Waals surface area (Å²) in [6.45, 7) is 3.62. The Bertz CT molecular complexity index is 776. The average Bonchev–Trinajstić information content (AvgIpc) is 3.18. The molecule has 7 heteroatoms. The van der Waals surface area contributed by atoms with Crippen LogP contribution in [0.2, 0.25) is 0 Å². The number of hydrogen-bond donors (Lipinski definition) is 1. The number of furan rings is 1. The predicted molar refractivity (Wildman–Crippen MR) is 95.6 cm³/mol. The van der Waals surface area contributed by atoms with Crippen LogP contribution in [0.4, 0.5) is 5.69 Å². The molecular weight excluding hydrogens is 334 g/mol. The van der Waals surface area contributed by atoms with Gasteiger partial charge in [0.25, 0.3) is 5.91 Å². The van der Waals surface area contributed by atoms with E-state index in [-0.39, 0.29) is 24.1 Å². The van der Waals surface area contributed by atoms with Crippen LogP contribution in [0.5, 0.6) is 0 Å². The minimum absolute atomic E-state index is 0.181. The van der Waals surface area contributed by atoms with E-state index in [1.54, 1.807) is 34.1 Å². The third-order valence-electron chi connectivity index (χ3n) is 4.30. The van der Waals surface area contributed by atoms with E-state index in [2.05, 4.69) is 5.32 Å². The number of amides is 3. The van der Waals surface area contributed by atoms with Crippen molar-refractivity contribution in [3.8, 4) is 0 Å². The Kier molecular flexibility index (Phi) is 5.36. The summed E-state index contributed by atoms with van der Waals surface area (Å²) < 4.78 is 5.11. The van der Waals surface area contributed by atoms with Gasteiger partial charge in [0.2, 0.25) is 11.8 Å². The topological polar surface area (TPSA) is 82.9 Å². The van der Waals surface area contributed by atoms with Crippen LogP contribution in [-0.2, 0) is 9.59 Å². The van der Waals surface area contributed by atoms with Crippen molar-refractivity contribution in [3.05, 3.63) is 54.0 Å². The van der Waals surface area contributed by atoms with Crippen molar-refractivity contribution in [1.82, 2.24) is 9.80 Å². The average molecular weight is 355 g/mol. The molecule has 136 valence electrons. The van der Waals surface area contributed by atoms with Crippen LogP contribution in [-0.4, -0.2) is 53.7 Å². The number of carbonyl (C=O) groups is 3. The molecule has 0 bridgehead atoms. The Labute approximate surface area is 151 Å². The third kappa shape index (κ3) is 4.30. The van der Waals surface area contributed by atoms with Gasteiger partial charge in [-0.2, -0.15) is 0 Å². The van der Waals surface area contributed by atoms with E-state index in [1.807, 2.05) is 19.1 Å². The number of nitrogens with one attached hydrogen (secondary N) is 1. The molecule has 3 rings (SSSR count). The molecule has 2 heterocycles. The number of hydrogen-bond acceptors (Lipinski definition) is 4. The quantitative estimate of drug-likeness (QED) is 0.849. The van der Waals surface area contributed by atoms with Crippen LogP contribution in [0, 0.1) is 6.92 Å². The molecular formula is C19H21N3O4. The molecule has 7 nitrogen and oxygen atoms in total. The summed E-state index contributed by atoms with van der Waals surface area (Å²) in [6.07, 6.45) is 1.25. The van der Waals surface area contributed by atoms with E-state index in [1.165, 1.54) is 6.26 Å². The van der Waals surface area contributed by atoms with E-state index in [0.717, 1.165) is 5.56 Å². The van der Waals surface area contributed by atoms with Gasteiger partial charge in [-0.05, 0) is 31.2 Å². The second-order valence-corrected chi connectivity index (χ2v) is 6.24. The molecule has 0 saturated carbocycles. The van der Waals surface area contributed by atoms with Crippen LogP contribution in [0.1, 0.15) is 22.5 Å². The van der Waals surface area contributed by atoms with Gasteiger partial charge in [0, 0.05) is 31.9 Å². The SMILES string of the molecule is Cc1ccc(NC(=O)CC(=O)N2CCN(C(=O)c3ccco3)CC2)cc1. The van der Waals surface area contributed by atoms with Gasteiger partial charge < -0.3 is 19.5 Å². The van der Waals surface area contributed by atoms with Gasteiger partial charge >= 0.3 is 0 Å². The fourth-order valence-corrected chi connectivity index (χ4v) is 2.81. The third-order valence-corrected chi connectivity index (χ3v) is 4.30. The smallest absolute Gasteiger partial charge is 0.289 e. The minimum Gasteiger partial charge on any atom is -0.459 e. The highest BCUT2D eigenvalue weighted by Gasteiger charge is 2.26. The molecule has 1 N–H and O–H groups in total. The molecule has 0 radical (unpaired) electrons. The second kappa shape index (κ2) is 7.86. The highest BCUT2D eigenvalue weighted by Crippen LogP contribution is 2.12. The predicted octanol–water partition coefficient (Wildman–Crippen LogP) is 1.90. The number of rotatable bonds is 4. The van der Waals surface area contributed by atoms with Crippen molar-refractivity contribution in [2.75, 3.05) is 31.5 Å². The van der Waals surface area contributed by atoms with Crippen molar-refractivity contribution < 1.29 is 18.8 Å². The molecule has 3 amide bonds. The Morgan fingerprint density at radius 3 is 2.27 bits per heavy atom. The number of aryl methyl sites for hydroxylation is 1. The molecule has 1 aromatic carbocycles. The maximum atomic E-state index is 12.3. The summed E-state index contributed by atoms with van der Waals surface area (Å²) >= 11 is 0. The van der Waals surface area contributed by atoms with Crippen molar-refractivity contribution in [2.24, 2.45) is 0 Å². The fraction of sp³-hybridized carbons (Fsp3) is 0.316. The number of nitrogens with zero attached hydrogens (tertiary/aromatic N) is 2. The van der Waals surface area contributed by atoms with Crippen molar-refractivity contribution >= 4 is 23.4 Å². The van der Waals surface area contributed by atoms with Crippen molar-refractivity contribution in [2.45, 2.75) is 13.3 Å². The zero-order valence-electron chi connectivity index (χ0n) is 14.6. The summed E-state index contributed by atoms with van der Waals surface area (Å²) in [7, 11) is 0. The Morgan fingerprint density at radius 2 is 1.65 bits per heavy atom. The molecule has 0 aliphatic carbocycles. The van der Waals surface area contributed by atoms with Gasteiger partial charge in [-0.1, -0.05) is 17.7 Å². The highest BCUT2D eigenvalue weighted by atomic mass is 16.3. The lowest BCUT2D eigenvalue weighted by Crippen LogP contribution is -2.51. The first-order valence-electron chi connectivity index (χ1n) is 8.50. The molecule has 1 aromatic heterocycles. The van der Waals surface area contributed by atoms with E-state index in [9.17, 15) is 14.4 Å². The second-order valence-electron chi connectivity index (χ2n) is 6.24. The lowest BCUT2D eigenvalue weighted by atomic mass is 10.2. The lowest BCUT2D eigenvalue weighted by molar-refractivity contribution is -0.135. The van der Waals surface area contributed by atoms with Crippen LogP contribution < -0.4 is 5.32 Å². The standard InChI is InChI=1S/C19H21N3O4/c1-14-4-6-15(7-5-14)20-17(23)13-18(24)21-8-10-22(11-9-21)19(25)16-3-2-12-26-16/h2-7,12H,8-11,13H2,1H3,(H,20,23). The van der Waals surface area contributed by atoms with Crippen LogP contribution in [0.3, 0.4) is 0 Å². The summed E-state index contributed by atoms with van der Waals surface area (Å²) in [5.41, 5.74) is 1.77. The molecule has 26 heavy (non-hydrogen) atoms. The van der Waals surface area contributed by atoms with Gasteiger partial charge in [0.1, 0.15) is 6.42 Å². The maximum Gasteiger partial charge on any atom is 0.289 e. The van der Waals surface area contributed by atoms with Crippen molar-refractivity contribution in [1.29, 1.82) is 0 Å². The van der Waals surface area contributed by atoms with Gasteiger partial charge in [0.15, 0.2) is 5.76 Å². The Balaban J connectivity index is 1.46. The molecule has 0 spiro atoms. The van der Waals surface area contributed by atoms with Gasteiger partial charge in [-0.15, -0.1) is 0 Å². The highest BCUT2D eigenvalue weighted by molar-refractivity contribution is 6.03. The monoisotopic (exact) mass is 355 g/mol. The number of carbonyl (C=O) groups excluding carboxylic acids is 3. The number of benzene rings is 1. The van der Waals surface area contributed by atoms with Crippen LogP contribution >= 0.6 is 0 Å². The van der Waals surface area contributed by atoms with Crippen LogP contribution in [0.15, 0.2) is 47.1 Å². The van der Waals surface area contributed by atoms with E-state index < -0.39 is 0 Å². The van der Waals surface area contributed by atoms with E-state index in [4.69, 9.17) is 4.42 Å². The summed E-state index contributed by atoms with van der Waals surface area (Å²) in [5, 5.41) is 2.72. The summed E-state index contributed by atoms with van der Waals surface area (Å²) in [6, 6.07) is 10.7. The molecule has 1 aliphatic rings. The van der Waals surface area contributed by atoms with Crippen molar-refractivity contribution in [3.63, 3.8) is 0 Å². The first-order chi connectivity index (χ1) is 12.5. The van der Waals surface area contributed by atoms with E-state index in [0.29, 0.717) is 37.6 Å². The van der Waals surface area contributed by atoms with Gasteiger partial charge in [-0.25, -0.2) is 0 Å². The lowest BCUT2D eigenvalue weighted by Gasteiger charge is -2.34. The summed E-state index contributed by atoms with van der Waals surface area (Å²) in [4.78, 5) is 39.8. The fourth-order valence-electron chi connectivity index (χ4n) is 2.81. The first kappa shape index (κ1) is 17.7. The zero-order valence-corrected chi connectivity index (χ0v) is 14.6. The van der Waals surface area contributed by atoms with Gasteiger partial charge in [0.05, 0.1) is 6.26 Å². The van der Waals surface area contributed by atoms with E-state index >= 15 is 0 Å². The molecule has 0 unspecified atom stereocenters. The molecule has 1 aliphatic heterocycles. The molecule has 1 fully saturated rings. The first-order valence-corrected chi connectivity index (χ1v) is 8.50. The molecule has 1 saturated heterocycles. The Hall–Kier alpha value is -3.09. The molecule has 2 aromatic rings. The molecule has 0 atom stereocenters. The van der Waals surface area contributed by atoms with Gasteiger partial charge in [-0.3, -0.25) is 14.4 Å². The minimum atomic E-state index is -0.340. The largest absolute Gasteiger partial charge is 0.459 e.